The summed E-state index contributed by atoms with van der Waals surface area (Å²) in [6.07, 6.45) is 4.69. The minimum Gasteiger partial charge on any atom is -0.452 e. The van der Waals surface area contributed by atoms with Gasteiger partial charge in [-0.1, -0.05) is 43.1 Å². The first kappa shape index (κ1) is 17.2. The summed E-state index contributed by atoms with van der Waals surface area (Å²) < 4.78 is 4.86. The molecule has 1 aromatic carbocycles. The van der Waals surface area contributed by atoms with E-state index in [1.807, 2.05) is 19.9 Å². The van der Waals surface area contributed by atoms with Crippen molar-refractivity contribution in [2.24, 2.45) is 0 Å². The molecule has 1 aromatic rings. The maximum atomic E-state index is 11.5. The highest BCUT2D eigenvalue weighted by molar-refractivity contribution is 6.32. The first-order valence-corrected chi connectivity index (χ1v) is 7.29. The van der Waals surface area contributed by atoms with Gasteiger partial charge in [0, 0.05) is 17.1 Å². The SMILES string of the molecule is CCC[C@@H](C)NC(=O)COC(=O)/C=C/c1ccccc1Cl. The topological polar surface area (TPSA) is 55.4 Å². The quantitative estimate of drug-likeness (QED) is 0.621. The molecular formula is C16H20ClNO3. The lowest BCUT2D eigenvalue weighted by molar-refractivity contribution is -0.144. The molecular weight excluding hydrogens is 290 g/mol. The zero-order valence-electron chi connectivity index (χ0n) is 12.3. The Labute approximate surface area is 130 Å². The number of amides is 1. The summed E-state index contributed by atoms with van der Waals surface area (Å²) in [4.78, 5) is 23.0. The molecule has 0 bridgehead atoms. The number of benzene rings is 1. The van der Waals surface area contributed by atoms with Crippen molar-refractivity contribution in [2.75, 3.05) is 6.61 Å². The molecule has 21 heavy (non-hydrogen) atoms. The number of ether oxygens (including phenoxy) is 1. The largest absolute Gasteiger partial charge is 0.452 e. The fraction of sp³-hybridized carbons (Fsp3) is 0.375. The van der Waals surface area contributed by atoms with Crippen molar-refractivity contribution in [3.05, 3.63) is 40.9 Å². The molecule has 0 aliphatic carbocycles. The number of carbonyl (C=O) groups excluding carboxylic acids is 2. The second kappa shape index (κ2) is 9.19. The molecule has 5 heteroatoms. The molecule has 1 N–H and O–H groups in total. The van der Waals surface area contributed by atoms with Gasteiger partial charge in [-0.3, -0.25) is 4.79 Å². The lowest BCUT2D eigenvalue weighted by Crippen LogP contribution is -2.35. The average Bonchev–Trinajstić information content (AvgIpc) is 2.44. The van der Waals surface area contributed by atoms with Crippen molar-refractivity contribution in [3.8, 4) is 0 Å². The summed E-state index contributed by atoms with van der Waals surface area (Å²) in [5.74, 6) is -0.872. The molecule has 0 aliphatic heterocycles. The number of hydrogen-bond donors (Lipinski definition) is 1. The van der Waals surface area contributed by atoms with E-state index in [4.69, 9.17) is 16.3 Å². The first-order valence-electron chi connectivity index (χ1n) is 6.91. The van der Waals surface area contributed by atoms with Crippen LogP contribution in [0, 0.1) is 0 Å². The van der Waals surface area contributed by atoms with Gasteiger partial charge < -0.3 is 10.1 Å². The highest BCUT2D eigenvalue weighted by Gasteiger charge is 2.08. The molecule has 1 atom stereocenters. The molecule has 0 saturated carbocycles. The van der Waals surface area contributed by atoms with Crippen molar-refractivity contribution in [1.82, 2.24) is 5.32 Å². The fourth-order valence-electron chi connectivity index (χ4n) is 1.77. The molecule has 0 unspecified atom stereocenters. The van der Waals surface area contributed by atoms with Crippen molar-refractivity contribution in [2.45, 2.75) is 32.7 Å². The van der Waals surface area contributed by atoms with E-state index in [2.05, 4.69) is 5.32 Å². The molecule has 1 amide bonds. The van der Waals surface area contributed by atoms with Gasteiger partial charge in [0.15, 0.2) is 6.61 Å². The van der Waals surface area contributed by atoms with Gasteiger partial charge >= 0.3 is 5.97 Å². The smallest absolute Gasteiger partial charge is 0.331 e. The van der Waals surface area contributed by atoms with Gasteiger partial charge in [0.2, 0.25) is 0 Å². The van der Waals surface area contributed by atoms with Gasteiger partial charge in [-0.25, -0.2) is 4.79 Å². The summed E-state index contributed by atoms with van der Waals surface area (Å²) >= 11 is 5.95. The van der Waals surface area contributed by atoms with Gasteiger partial charge in [-0.2, -0.15) is 0 Å². The van der Waals surface area contributed by atoms with Crippen LogP contribution in [0.1, 0.15) is 32.3 Å². The fourth-order valence-corrected chi connectivity index (χ4v) is 1.97. The molecule has 4 nitrogen and oxygen atoms in total. The lowest BCUT2D eigenvalue weighted by Gasteiger charge is -2.12. The van der Waals surface area contributed by atoms with Crippen LogP contribution in [0.4, 0.5) is 0 Å². The van der Waals surface area contributed by atoms with Crippen LogP contribution in [0.3, 0.4) is 0 Å². The zero-order chi connectivity index (χ0) is 15.7. The Morgan fingerprint density at radius 3 is 2.76 bits per heavy atom. The zero-order valence-corrected chi connectivity index (χ0v) is 13.0. The Kier molecular flexibility index (Phi) is 7.54. The molecule has 0 heterocycles. The Morgan fingerprint density at radius 1 is 1.38 bits per heavy atom. The van der Waals surface area contributed by atoms with E-state index in [1.165, 1.54) is 6.08 Å². The van der Waals surface area contributed by atoms with E-state index in [-0.39, 0.29) is 18.6 Å². The molecule has 0 spiro atoms. The van der Waals surface area contributed by atoms with Gasteiger partial charge in [-0.15, -0.1) is 0 Å². The standard InChI is InChI=1S/C16H20ClNO3/c1-3-6-12(2)18-15(19)11-21-16(20)10-9-13-7-4-5-8-14(13)17/h4-5,7-10,12H,3,6,11H2,1-2H3,(H,18,19)/b10-9+/t12-/m1/s1. The van der Waals surface area contributed by atoms with Gasteiger partial charge in [0.1, 0.15) is 0 Å². The Morgan fingerprint density at radius 2 is 2.10 bits per heavy atom. The van der Waals surface area contributed by atoms with E-state index in [0.29, 0.717) is 5.02 Å². The van der Waals surface area contributed by atoms with Crippen LogP contribution in [-0.4, -0.2) is 24.5 Å². The van der Waals surface area contributed by atoms with Crippen LogP contribution in [0.25, 0.3) is 6.08 Å². The Bertz CT molecular complexity index is 514. The van der Waals surface area contributed by atoms with E-state index in [1.54, 1.807) is 24.3 Å². The number of esters is 1. The highest BCUT2D eigenvalue weighted by atomic mass is 35.5. The predicted octanol–water partition coefficient (Wildman–Crippen LogP) is 3.20. The monoisotopic (exact) mass is 309 g/mol. The Hall–Kier alpha value is -1.81. The molecule has 0 aliphatic rings. The van der Waals surface area contributed by atoms with Gasteiger partial charge in [0.05, 0.1) is 0 Å². The second-order valence-corrected chi connectivity index (χ2v) is 5.13. The summed E-state index contributed by atoms with van der Waals surface area (Å²) in [5.41, 5.74) is 0.720. The molecule has 0 radical (unpaired) electrons. The average molecular weight is 310 g/mol. The highest BCUT2D eigenvalue weighted by Crippen LogP contribution is 2.16. The summed E-state index contributed by atoms with van der Waals surface area (Å²) in [6.45, 7) is 3.68. The van der Waals surface area contributed by atoms with Crippen LogP contribution in [0.5, 0.6) is 0 Å². The van der Waals surface area contributed by atoms with E-state index >= 15 is 0 Å². The van der Waals surface area contributed by atoms with Crippen molar-refractivity contribution in [1.29, 1.82) is 0 Å². The van der Waals surface area contributed by atoms with Gasteiger partial charge in [0.25, 0.3) is 5.91 Å². The summed E-state index contributed by atoms with van der Waals surface area (Å²) in [6, 6.07) is 7.22. The van der Waals surface area contributed by atoms with Crippen LogP contribution in [0.15, 0.2) is 30.3 Å². The molecule has 114 valence electrons. The summed E-state index contributed by atoms with van der Waals surface area (Å²) in [7, 11) is 0. The normalized spacial score (nSPS) is 12.1. The maximum Gasteiger partial charge on any atom is 0.331 e. The van der Waals surface area contributed by atoms with Crippen LogP contribution in [-0.2, 0) is 14.3 Å². The number of carbonyl (C=O) groups is 2. The lowest BCUT2D eigenvalue weighted by atomic mass is 10.2. The van der Waals surface area contributed by atoms with E-state index in [0.717, 1.165) is 18.4 Å². The third-order valence-corrected chi connectivity index (χ3v) is 3.12. The van der Waals surface area contributed by atoms with Crippen molar-refractivity contribution >= 4 is 29.6 Å². The maximum absolute atomic E-state index is 11.5. The van der Waals surface area contributed by atoms with Gasteiger partial charge in [-0.05, 0) is 31.1 Å². The van der Waals surface area contributed by atoms with Crippen LogP contribution >= 0.6 is 11.6 Å². The summed E-state index contributed by atoms with van der Waals surface area (Å²) in [5, 5.41) is 3.31. The predicted molar refractivity (Wildman–Crippen MR) is 84.0 cm³/mol. The number of hydrogen-bond acceptors (Lipinski definition) is 3. The third-order valence-electron chi connectivity index (χ3n) is 2.78. The van der Waals surface area contributed by atoms with E-state index in [9.17, 15) is 9.59 Å². The third kappa shape index (κ3) is 6.95. The van der Waals surface area contributed by atoms with Crippen LogP contribution in [0.2, 0.25) is 5.02 Å². The van der Waals surface area contributed by atoms with Crippen LogP contribution < -0.4 is 5.32 Å². The Balaban J connectivity index is 2.37. The molecule has 0 saturated heterocycles. The number of nitrogens with one attached hydrogen (secondary N) is 1. The minimum atomic E-state index is -0.576. The first-order chi connectivity index (χ1) is 10.0. The number of rotatable bonds is 7. The van der Waals surface area contributed by atoms with E-state index < -0.39 is 5.97 Å². The minimum absolute atomic E-state index is 0.0832. The van der Waals surface area contributed by atoms with Crippen molar-refractivity contribution in [3.63, 3.8) is 0 Å². The molecule has 0 fully saturated rings. The molecule has 1 rings (SSSR count). The van der Waals surface area contributed by atoms with Crippen molar-refractivity contribution < 1.29 is 14.3 Å². The number of halogens is 1. The molecule has 0 aromatic heterocycles. The second-order valence-electron chi connectivity index (χ2n) is 4.72.